The molecule has 0 spiro atoms. The topological polar surface area (TPSA) is 54.4 Å². The summed E-state index contributed by atoms with van der Waals surface area (Å²) in [5.41, 5.74) is 0. The summed E-state index contributed by atoms with van der Waals surface area (Å²) in [5.74, 6) is -1.00. The van der Waals surface area contributed by atoms with Gasteiger partial charge in [-0.1, -0.05) is 0 Å². The Morgan fingerprint density at radius 2 is 1.44 bits per heavy atom. The van der Waals surface area contributed by atoms with Gasteiger partial charge in [0.25, 0.3) is 0 Å². The number of carbonyl (C=O) groups is 2. The van der Waals surface area contributed by atoms with Gasteiger partial charge in [0.05, 0.1) is 0 Å². The molecule has 0 amide bonds. The molecule has 0 aliphatic rings. The van der Waals surface area contributed by atoms with E-state index in [2.05, 4.69) is 0 Å². The average Bonchev–Trinajstić information content (AvgIpc) is 1.64. The van der Waals surface area contributed by atoms with Crippen LogP contribution >= 0.6 is 0 Å². The van der Waals surface area contributed by atoms with Crippen LogP contribution in [0.2, 0.25) is 0 Å². The maximum atomic E-state index is 10.1. The number of ketones is 2. The minimum absolute atomic E-state index is 0. The maximum absolute atomic E-state index is 10.1. The van der Waals surface area contributed by atoms with Crippen LogP contribution in [0.5, 0.6) is 0 Å². The van der Waals surface area contributed by atoms with E-state index in [4.69, 9.17) is 5.11 Å². The molecule has 9 heavy (non-hydrogen) atoms. The van der Waals surface area contributed by atoms with Gasteiger partial charge < -0.3 is 5.11 Å². The van der Waals surface area contributed by atoms with Crippen LogP contribution in [0.15, 0.2) is 0 Å². The smallest absolute Gasteiger partial charge is 0.170 e. The first kappa shape index (κ1) is 12.3. The minimum Gasteiger partial charge on any atom is -0.378 e. The third-order valence-corrected chi connectivity index (χ3v) is 0.770. The number of hydrogen-bond donors (Lipinski definition) is 1. The molecule has 0 saturated carbocycles. The van der Waals surface area contributed by atoms with Crippen LogP contribution < -0.4 is 0 Å². The Morgan fingerprint density at radius 1 is 1.22 bits per heavy atom. The first-order valence-corrected chi connectivity index (χ1v) is 2.24. The normalized spacial score (nSPS) is 8.44. The fraction of sp³-hybridized carbons (Fsp3) is 0.600. The number of aliphatic hydroxyl groups is 1. The summed E-state index contributed by atoms with van der Waals surface area (Å²) in [4.78, 5) is 20.2. The molecular weight excluding hydrogens is 267 g/mol. The number of carbonyl (C=O) groups excluding carboxylic acids is 2. The molecule has 4 heteroatoms. The molecule has 0 saturated heterocycles. The molecule has 0 fully saturated rings. The fourth-order valence-corrected chi connectivity index (χ4v) is 0.286. The van der Waals surface area contributed by atoms with E-state index in [0.717, 1.165) is 0 Å². The van der Waals surface area contributed by atoms with Gasteiger partial charge in [0, 0.05) is 38.6 Å². The summed E-state index contributed by atoms with van der Waals surface area (Å²) >= 11 is 0. The van der Waals surface area contributed by atoms with Crippen LogP contribution in [0.4, 0.5) is 0 Å². The van der Waals surface area contributed by atoms with E-state index in [0.29, 0.717) is 0 Å². The Labute approximate surface area is 84.3 Å². The third-order valence-electron chi connectivity index (χ3n) is 0.770. The summed E-state index contributed by atoms with van der Waals surface area (Å²) in [6.07, 6.45) is -1.41. The summed E-state index contributed by atoms with van der Waals surface area (Å²) < 4.78 is 0. The van der Waals surface area contributed by atoms with Gasteiger partial charge in [0.15, 0.2) is 17.7 Å². The zero-order valence-electron chi connectivity index (χ0n) is 5.17. The van der Waals surface area contributed by atoms with Crippen LogP contribution in [-0.4, -0.2) is 22.8 Å². The van der Waals surface area contributed by atoms with E-state index < -0.39 is 17.7 Å². The number of rotatable bonds is 2. The maximum Gasteiger partial charge on any atom is 0.170 e. The van der Waals surface area contributed by atoms with Gasteiger partial charge in [0.2, 0.25) is 0 Å². The zero-order valence-corrected chi connectivity index (χ0v) is 7.31. The van der Waals surface area contributed by atoms with E-state index >= 15 is 0 Å². The number of hydrogen-bond acceptors (Lipinski definition) is 3. The fourth-order valence-electron chi connectivity index (χ4n) is 0.286. The predicted octanol–water partition coefficient (Wildman–Crippen LogP) is -0.475. The molecule has 1 radical (unpaired) electrons. The van der Waals surface area contributed by atoms with E-state index in [-0.39, 0.29) is 38.6 Å². The molecule has 55 valence electrons. The van der Waals surface area contributed by atoms with Gasteiger partial charge in [-0.25, -0.2) is 0 Å². The van der Waals surface area contributed by atoms with Crippen LogP contribution in [0.25, 0.3) is 0 Å². The minimum atomic E-state index is -1.41. The van der Waals surface area contributed by atoms with E-state index in [1.807, 2.05) is 0 Å². The molecule has 0 aromatic carbocycles. The van der Waals surface area contributed by atoms with Gasteiger partial charge >= 0.3 is 0 Å². The summed E-state index contributed by atoms with van der Waals surface area (Å²) in [6, 6.07) is 0. The Morgan fingerprint density at radius 3 is 1.44 bits per heavy atom. The summed E-state index contributed by atoms with van der Waals surface area (Å²) in [7, 11) is 0. The third kappa shape index (κ3) is 5.05. The second-order valence-electron chi connectivity index (χ2n) is 1.62. The van der Waals surface area contributed by atoms with Crippen molar-refractivity contribution >= 4 is 11.6 Å². The monoisotopic (exact) mass is 275 g/mol. The van der Waals surface area contributed by atoms with Gasteiger partial charge in [-0.05, 0) is 13.8 Å². The molecule has 0 aliphatic carbocycles. The van der Waals surface area contributed by atoms with E-state index in [1.165, 1.54) is 13.8 Å². The number of Topliss-reactive ketones (excluding diaryl/α,β-unsaturated/α-hetero) is 2. The Bertz CT molecular complexity index is 107. The van der Waals surface area contributed by atoms with Crippen LogP contribution in [0.3, 0.4) is 0 Å². The summed E-state index contributed by atoms with van der Waals surface area (Å²) in [5, 5.41) is 8.50. The van der Waals surface area contributed by atoms with Crippen molar-refractivity contribution in [3.8, 4) is 0 Å². The Hall–Kier alpha value is 0.586. The molecule has 0 aliphatic heterocycles. The molecule has 0 aromatic heterocycles. The van der Waals surface area contributed by atoms with Crippen molar-refractivity contribution in [3.63, 3.8) is 0 Å². The Balaban J connectivity index is 0. The van der Waals surface area contributed by atoms with E-state index in [1.54, 1.807) is 0 Å². The second kappa shape index (κ2) is 5.38. The second-order valence-corrected chi connectivity index (χ2v) is 1.62. The van der Waals surface area contributed by atoms with Crippen molar-refractivity contribution in [2.24, 2.45) is 0 Å². The molecule has 0 unspecified atom stereocenters. The zero-order chi connectivity index (χ0) is 6.73. The largest absolute Gasteiger partial charge is 0.378 e. The molecule has 0 atom stereocenters. The Kier molecular flexibility index (Phi) is 7.34. The van der Waals surface area contributed by atoms with Crippen LogP contribution in [-0.2, 0) is 9.59 Å². The first-order chi connectivity index (χ1) is 3.55. The van der Waals surface area contributed by atoms with Gasteiger partial charge in [0.1, 0.15) is 0 Å². The van der Waals surface area contributed by atoms with Gasteiger partial charge in [-0.2, -0.15) is 0 Å². The molecule has 0 rings (SSSR count). The van der Waals surface area contributed by atoms with Crippen molar-refractivity contribution in [2.45, 2.75) is 20.0 Å². The molecular formula is C5H8O3Tb. The van der Waals surface area contributed by atoms with Crippen molar-refractivity contribution in [1.29, 1.82) is 0 Å². The molecule has 0 heterocycles. The first-order valence-electron chi connectivity index (χ1n) is 2.24. The molecule has 3 nitrogen and oxygen atoms in total. The quantitative estimate of drug-likeness (QED) is 0.693. The molecule has 1 N–H and O–H groups in total. The van der Waals surface area contributed by atoms with Gasteiger partial charge in [-0.3, -0.25) is 9.59 Å². The molecule has 0 aromatic rings. The molecule has 0 bridgehead atoms. The van der Waals surface area contributed by atoms with Crippen molar-refractivity contribution in [2.75, 3.05) is 0 Å². The summed E-state index contributed by atoms with van der Waals surface area (Å²) in [6.45, 7) is 2.35. The van der Waals surface area contributed by atoms with Crippen LogP contribution in [0.1, 0.15) is 13.8 Å². The van der Waals surface area contributed by atoms with Crippen molar-refractivity contribution in [3.05, 3.63) is 0 Å². The predicted molar refractivity (Wildman–Crippen MR) is 27.4 cm³/mol. The van der Waals surface area contributed by atoms with Gasteiger partial charge in [-0.15, -0.1) is 0 Å². The van der Waals surface area contributed by atoms with Crippen molar-refractivity contribution in [1.82, 2.24) is 0 Å². The average molecular weight is 275 g/mol. The number of aliphatic hydroxyl groups excluding tert-OH is 1. The standard InChI is InChI=1S/C5H8O3.Tb/c1-3(6)5(8)4(2)7;/h5,8H,1-2H3;. The van der Waals surface area contributed by atoms with Crippen LogP contribution in [0, 0.1) is 38.6 Å². The SMILES string of the molecule is CC(=O)C(O)C(C)=O.[Tb]. The van der Waals surface area contributed by atoms with Crippen molar-refractivity contribution < 1.29 is 53.3 Å². The van der Waals surface area contributed by atoms with E-state index in [9.17, 15) is 9.59 Å².